The number of pyridine rings is 1. The van der Waals surface area contributed by atoms with E-state index in [0.29, 0.717) is 28.2 Å². The maximum atomic E-state index is 13.5. The Morgan fingerprint density at radius 2 is 1.97 bits per heavy atom. The predicted molar refractivity (Wildman–Crippen MR) is 119 cm³/mol. The van der Waals surface area contributed by atoms with Crippen molar-refractivity contribution in [1.29, 1.82) is 0 Å². The number of nitrogens with one attached hydrogen (secondary N) is 1. The highest BCUT2D eigenvalue weighted by atomic mass is 35.5. The molecule has 1 heterocycles. The highest BCUT2D eigenvalue weighted by Gasteiger charge is 2.42. The second-order valence-electron chi connectivity index (χ2n) is 7.77. The lowest BCUT2D eigenvalue weighted by molar-refractivity contribution is -0.122. The average Bonchev–Trinajstić information content (AvgIpc) is 2.70. The number of hydrogen-bond acceptors (Lipinski definition) is 3. The van der Waals surface area contributed by atoms with E-state index in [1.165, 1.54) is 0 Å². The molecule has 0 atom stereocenters. The van der Waals surface area contributed by atoms with Crippen molar-refractivity contribution >= 4 is 34.8 Å². The minimum Gasteiger partial charge on any atom is -0.477 e. The second-order valence-corrected chi connectivity index (χ2v) is 8.61. The van der Waals surface area contributed by atoms with E-state index >= 15 is 0 Å². The first-order valence-electron chi connectivity index (χ1n) is 10.3. The zero-order chi connectivity index (χ0) is 20.9. The predicted octanol–water partition coefficient (Wildman–Crippen LogP) is 6.72. The van der Waals surface area contributed by atoms with Crippen LogP contribution in [-0.2, 0) is 10.2 Å². The smallest absolute Gasteiger partial charge is 0.235 e. The number of carbonyl (C=O) groups is 1. The van der Waals surface area contributed by atoms with Crippen LogP contribution in [0.15, 0.2) is 30.5 Å². The molecule has 0 saturated heterocycles. The van der Waals surface area contributed by atoms with Crippen molar-refractivity contribution in [2.45, 2.75) is 64.2 Å². The van der Waals surface area contributed by atoms with Crippen LogP contribution in [-0.4, -0.2) is 17.5 Å². The van der Waals surface area contributed by atoms with Gasteiger partial charge in [0.25, 0.3) is 0 Å². The Bertz CT molecular complexity index is 864. The molecule has 1 aromatic heterocycles. The van der Waals surface area contributed by atoms with Crippen molar-refractivity contribution in [1.82, 2.24) is 4.98 Å². The number of aryl methyl sites for hydroxylation is 1. The molecule has 4 nitrogen and oxygen atoms in total. The minimum absolute atomic E-state index is 0.0396. The first-order valence-corrected chi connectivity index (χ1v) is 11.1. The fourth-order valence-corrected chi connectivity index (χ4v) is 4.59. The van der Waals surface area contributed by atoms with Crippen LogP contribution in [0.2, 0.25) is 10.0 Å². The molecule has 1 aliphatic rings. The zero-order valence-electron chi connectivity index (χ0n) is 17.1. The maximum Gasteiger partial charge on any atom is 0.235 e. The SMILES string of the molecule is CCCCOc1ncc(NC(=O)C2(c3ccc(Cl)cc3Cl)CCCCC2)cc1C. The van der Waals surface area contributed by atoms with Gasteiger partial charge in [-0.05, 0) is 49.9 Å². The van der Waals surface area contributed by atoms with E-state index in [4.69, 9.17) is 27.9 Å². The molecule has 0 aliphatic heterocycles. The van der Waals surface area contributed by atoms with Crippen molar-refractivity contribution in [2.75, 3.05) is 11.9 Å². The van der Waals surface area contributed by atoms with Gasteiger partial charge in [0.1, 0.15) is 0 Å². The number of nitrogens with zero attached hydrogens (tertiary/aromatic N) is 1. The van der Waals surface area contributed by atoms with Gasteiger partial charge in [-0.3, -0.25) is 4.79 Å². The number of benzene rings is 1. The van der Waals surface area contributed by atoms with Crippen LogP contribution in [0, 0.1) is 6.92 Å². The first-order chi connectivity index (χ1) is 14.0. The summed E-state index contributed by atoms with van der Waals surface area (Å²) in [6.07, 6.45) is 8.38. The van der Waals surface area contributed by atoms with Gasteiger partial charge in [-0.1, -0.05) is 61.9 Å². The summed E-state index contributed by atoms with van der Waals surface area (Å²) in [5.41, 5.74) is 1.78. The molecule has 0 radical (unpaired) electrons. The summed E-state index contributed by atoms with van der Waals surface area (Å²) in [4.78, 5) is 17.9. The largest absolute Gasteiger partial charge is 0.477 e. The van der Waals surface area contributed by atoms with E-state index in [2.05, 4.69) is 17.2 Å². The molecule has 0 unspecified atom stereocenters. The van der Waals surface area contributed by atoms with E-state index in [9.17, 15) is 4.79 Å². The topological polar surface area (TPSA) is 51.2 Å². The number of ether oxygens (including phenoxy) is 1. The van der Waals surface area contributed by atoms with Crippen molar-refractivity contribution in [3.8, 4) is 5.88 Å². The van der Waals surface area contributed by atoms with E-state index < -0.39 is 5.41 Å². The number of anilines is 1. The molecule has 3 rings (SSSR count). The molecule has 1 fully saturated rings. The van der Waals surface area contributed by atoms with E-state index in [0.717, 1.165) is 56.1 Å². The van der Waals surface area contributed by atoms with Crippen LogP contribution >= 0.6 is 23.2 Å². The molecule has 0 bridgehead atoms. The highest BCUT2D eigenvalue weighted by molar-refractivity contribution is 6.35. The van der Waals surface area contributed by atoms with Crippen LogP contribution in [0.1, 0.15) is 63.0 Å². The average molecular weight is 435 g/mol. The summed E-state index contributed by atoms with van der Waals surface area (Å²) >= 11 is 12.6. The molecule has 1 N–H and O–H groups in total. The normalized spacial score (nSPS) is 15.7. The standard InChI is InChI=1S/C23H28Cl2N2O2/c1-3-4-12-29-21-16(2)13-18(15-26-21)27-22(28)23(10-6-5-7-11-23)19-9-8-17(24)14-20(19)25/h8-9,13-15H,3-7,10-12H2,1-2H3,(H,27,28). The lowest BCUT2D eigenvalue weighted by atomic mass is 9.68. The van der Waals surface area contributed by atoms with E-state index in [1.807, 2.05) is 19.1 Å². The molecule has 0 spiro atoms. The number of unbranched alkanes of at least 4 members (excludes halogenated alkanes) is 1. The third-order valence-electron chi connectivity index (χ3n) is 5.61. The number of hydrogen-bond donors (Lipinski definition) is 1. The van der Waals surface area contributed by atoms with Crippen molar-refractivity contribution in [3.63, 3.8) is 0 Å². The van der Waals surface area contributed by atoms with Gasteiger partial charge in [-0.2, -0.15) is 0 Å². The number of amides is 1. The number of aromatic nitrogens is 1. The monoisotopic (exact) mass is 434 g/mol. The number of carbonyl (C=O) groups excluding carboxylic acids is 1. The van der Waals surface area contributed by atoms with E-state index in [-0.39, 0.29) is 5.91 Å². The fourth-order valence-electron chi connectivity index (χ4n) is 4.00. The van der Waals surface area contributed by atoms with Crippen molar-refractivity contribution in [3.05, 3.63) is 51.6 Å². The lowest BCUT2D eigenvalue weighted by Crippen LogP contribution is -2.42. The highest BCUT2D eigenvalue weighted by Crippen LogP contribution is 2.44. The third-order valence-corrected chi connectivity index (χ3v) is 6.16. The molecule has 2 aromatic rings. The molecule has 1 aliphatic carbocycles. The zero-order valence-corrected chi connectivity index (χ0v) is 18.6. The number of rotatable bonds is 7. The molecular weight excluding hydrogens is 407 g/mol. The van der Waals surface area contributed by atoms with Crippen LogP contribution < -0.4 is 10.1 Å². The Morgan fingerprint density at radius 1 is 1.21 bits per heavy atom. The fraction of sp³-hybridized carbons (Fsp3) is 0.478. The molecule has 1 aromatic carbocycles. The minimum atomic E-state index is -0.649. The molecule has 1 amide bonds. The Morgan fingerprint density at radius 3 is 2.62 bits per heavy atom. The van der Waals surface area contributed by atoms with E-state index in [1.54, 1.807) is 18.3 Å². The summed E-state index contributed by atoms with van der Waals surface area (Å²) < 4.78 is 5.72. The summed E-state index contributed by atoms with van der Waals surface area (Å²) in [7, 11) is 0. The summed E-state index contributed by atoms with van der Waals surface area (Å²) in [5.74, 6) is 0.576. The third kappa shape index (κ3) is 5.04. The van der Waals surface area contributed by atoms with Crippen molar-refractivity contribution in [2.24, 2.45) is 0 Å². The molecule has 1 saturated carbocycles. The van der Waals surface area contributed by atoms with Gasteiger partial charge >= 0.3 is 0 Å². The van der Waals surface area contributed by atoms with Gasteiger partial charge < -0.3 is 10.1 Å². The van der Waals surface area contributed by atoms with Gasteiger partial charge in [-0.15, -0.1) is 0 Å². The maximum absolute atomic E-state index is 13.5. The van der Waals surface area contributed by atoms with Crippen LogP contribution in [0.4, 0.5) is 5.69 Å². The second kappa shape index (κ2) is 9.82. The van der Waals surface area contributed by atoms with Gasteiger partial charge in [0.15, 0.2) is 0 Å². The number of halogens is 2. The van der Waals surface area contributed by atoms with Crippen LogP contribution in [0.25, 0.3) is 0 Å². The van der Waals surface area contributed by atoms with Gasteiger partial charge in [-0.25, -0.2) is 4.98 Å². The Balaban J connectivity index is 1.83. The van der Waals surface area contributed by atoms with Crippen molar-refractivity contribution < 1.29 is 9.53 Å². The molecule has 29 heavy (non-hydrogen) atoms. The summed E-state index contributed by atoms with van der Waals surface area (Å²) in [6, 6.07) is 7.33. The Kier molecular flexibility index (Phi) is 7.42. The summed E-state index contributed by atoms with van der Waals surface area (Å²) in [5, 5.41) is 4.20. The molecule has 6 heteroatoms. The molecule has 156 valence electrons. The van der Waals surface area contributed by atoms with Gasteiger partial charge in [0, 0.05) is 15.6 Å². The summed E-state index contributed by atoms with van der Waals surface area (Å²) in [6.45, 7) is 4.71. The first kappa shape index (κ1) is 21.9. The van der Waals surface area contributed by atoms with Gasteiger partial charge in [0.05, 0.1) is 23.9 Å². The molecular formula is C23H28Cl2N2O2. The van der Waals surface area contributed by atoms with Crippen LogP contribution in [0.5, 0.6) is 5.88 Å². The lowest BCUT2D eigenvalue weighted by Gasteiger charge is -2.37. The van der Waals surface area contributed by atoms with Gasteiger partial charge in [0.2, 0.25) is 11.8 Å². The van der Waals surface area contributed by atoms with Crippen LogP contribution in [0.3, 0.4) is 0 Å². The Hall–Kier alpha value is -1.78. The Labute approximate surface area is 183 Å². The quantitative estimate of drug-likeness (QED) is 0.492.